The zero-order chi connectivity index (χ0) is 25.7. The highest BCUT2D eigenvalue weighted by atomic mass is 16.2. The summed E-state index contributed by atoms with van der Waals surface area (Å²) in [6.45, 7) is 0.224. The highest BCUT2D eigenvalue weighted by Crippen LogP contribution is 2.17. The Morgan fingerprint density at radius 1 is 0.943 bits per heavy atom. The normalized spacial score (nSPS) is 10.5. The number of hydrogen-bond donors (Lipinski definition) is 6. The summed E-state index contributed by atoms with van der Waals surface area (Å²) in [4.78, 5) is 48.3. The number of amides is 4. The number of aryl methyl sites for hydroxylation is 3. The molecule has 3 rings (SSSR count). The summed E-state index contributed by atoms with van der Waals surface area (Å²) in [7, 11) is 4.87. The highest BCUT2D eigenvalue weighted by molar-refractivity contribution is 6.07. The predicted octanol–water partition coefficient (Wildman–Crippen LogP) is 0.226. The lowest BCUT2D eigenvalue weighted by Gasteiger charge is -2.04. The highest BCUT2D eigenvalue weighted by Gasteiger charge is 2.19. The molecule has 0 unspecified atom stereocenters. The fraction of sp³-hybridized carbons (Fsp3) is 0.238. The standard InChI is InChI=1S/C21H26N10O4/c1-29-9-12(25-11-32)6-15(29)20(34)27-18-8-16(31(3)28-18)21(35)26-13-7-14(30(2)10-13)19(33)24-5-4-17(22)23/h6-11H,4-5H2,1-3H3,(H3,22,23)(H,24,33)(H,25,32)(H,26,35)(H,27,28,34). The Balaban J connectivity index is 1.67. The van der Waals surface area contributed by atoms with E-state index in [0.29, 0.717) is 23.5 Å². The maximum atomic E-state index is 12.8. The fourth-order valence-electron chi connectivity index (χ4n) is 3.31. The lowest BCUT2D eigenvalue weighted by Crippen LogP contribution is -2.28. The molecule has 0 fully saturated rings. The smallest absolute Gasteiger partial charge is 0.274 e. The van der Waals surface area contributed by atoms with Gasteiger partial charge in [0.25, 0.3) is 17.7 Å². The van der Waals surface area contributed by atoms with E-state index >= 15 is 0 Å². The van der Waals surface area contributed by atoms with Crippen LogP contribution in [-0.4, -0.2) is 55.4 Å². The van der Waals surface area contributed by atoms with Crippen molar-refractivity contribution in [3.05, 3.63) is 47.7 Å². The molecule has 0 saturated carbocycles. The van der Waals surface area contributed by atoms with Crippen molar-refractivity contribution < 1.29 is 19.2 Å². The SMILES string of the molecule is Cn1cc(NC(=O)c2cc(NC(=O)c3cc(NC=O)cn3C)nn2C)cc1C(=O)NCCC(=N)N. The van der Waals surface area contributed by atoms with Crippen molar-refractivity contribution in [2.24, 2.45) is 26.9 Å². The molecule has 0 bridgehead atoms. The molecule has 3 heterocycles. The van der Waals surface area contributed by atoms with Gasteiger partial charge in [0.05, 0.1) is 17.2 Å². The van der Waals surface area contributed by atoms with Crippen molar-refractivity contribution >= 4 is 47.2 Å². The summed E-state index contributed by atoms with van der Waals surface area (Å²) in [5.74, 6) is -1.20. The van der Waals surface area contributed by atoms with Gasteiger partial charge in [-0.15, -0.1) is 0 Å². The van der Waals surface area contributed by atoms with Crippen LogP contribution in [0.15, 0.2) is 30.6 Å². The Morgan fingerprint density at radius 2 is 1.54 bits per heavy atom. The second kappa shape index (κ2) is 10.4. The van der Waals surface area contributed by atoms with Crippen molar-refractivity contribution in [2.45, 2.75) is 6.42 Å². The zero-order valence-electron chi connectivity index (χ0n) is 19.4. The van der Waals surface area contributed by atoms with E-state index in [1.165, 1.54) is 22.9 Å². The van der Waals surface area contributed by atoms with E-state index in [0.717, 1.165) is 0 Å². The molecule has 0 aliphatic heterocycles. The fourth-order valence-corrected chi connectivity index (χ4v) is 3.31. The number of carbonyl (C=O) groups is 4. The van der Waals surface area contributed by atoms with E-state index < -0.39 is 11.8 Å². The summed E-state index contributed by atoms with van der Waals surface area (Å²) < 4.78 is 4.41. The van der Waals surface area contributed by atoms with Crippen molar-refractivity contribution in [1.82, 2.24) is 24.2 Å². The predicted molar refractivity (Wildman–Crippen MR) is 128 cm³/mol. The molecular formula is C21H26N10O4. The maximum absolute atomic E-state index is 12.8. The number of hydrogen-bond acceptors (Lipinski definition) is 6. The number of aromatic nitrogens is 4. The van der Waals surface area contributed by atoms with Crippen molar-refractivity contribution in [3.8, 4) is 0 Å². The number of amidine groups is 1. The molecule has 4 amide bonds. The first-order valence-corrected chi connectivity index (χ1v) is 10.4. The molecule has 7 N–H and O–H groups in total. The first kappa shape index (κ1) is 24.8. The quantitative estimate of drug-likeness (QED) is 0.136. The Bertz CT molecular complexity index is 1300. The molecule has 0 radical (unpaired) electrons. The molecule has 184 valence electrons. The van der Waals surface area contributed by atoms with Crippen LogP contribution in [-0.2, 0) is 25.9 Å². The minimum absolute atomic E-state index is 0.0276. The second-order valence-electron chi connectivity index (χ2n) is 7.69. The van der Waals surface area contributed by atoms with Gasteiger partial charge >= 0.3 is 0 Å². The molecule has 0 saturated heterocycles. The summed E-state index contributed by atoms with van der Waals surface area (Å²) in [5, 5.41) is 21.8. The van der Waals surface area contributed by atoms with Gasteiger partial charge in [0.15, 0.2) is 5.82 Å². The van der Waals surface area contributed by atoms with E-state index in [1.54, 1.807) is 42.7 Å². The van der Waals surface area contributed by atoms with Crippen molar-refractivity contribution in [1.29, 1.82) is 5.41 Å². The number of nitrogens with zero attached hydrogens (tertiary/aromatic N) is 4. The molecule has 0 atom stereocenters. The minimum atomic E-state index is -0.494. The van der Waals surface area contributed by atoms with E-state index in [2.05, 4.69) is 26.4 Å². The Morgan fingerprint density at radius 3 is 2.20 bits per heavy atom. The third-order valence-electron chi connectivity index (χ3n) is 4.99. The summed E-state index contributed by atoms with van der Waals surface area (Å²) in [5.41, 5.74) is 6.90. The molecule has 0 aliphatic carbocycles. The van der Waals surface area contributed by atoms with E-state index in [1.807, 2.05) is 0 Å². The van der Waals surface area contributed by atoms with Crippen LogP contribution in [0.4, 0.5) is 17.2 Å². The van der Waals surface area contributed by atoms with E-state index in [4.69, 9.17) is 11.1 Å². The van der Waals surface area contributed by atoms with Gasteiger partial charge in [-0.05, 0) is 12.1 Å². The Hall–Kier alpha value is -4.88. The third-order valence-corrected chi connectivity index (χ3v) is 4.99. The van der Waals surface area contributed by atoms with E-state index in [9.17, 15) is 19.2 Å². The molecule has 0 aromatic carbocycles. The van der Waals surface area contributed by atoms with Gasteiger partial charge < -0.3 is 36.1 Å². The summed E-state index contributed by atoms with van der Waals surface area (Å²) in [6.07, 6.45) is 3.91. The van der Waals surface area contributed by atoms with Crippen molar-refractivity contribution in [3.63, 3.8) is 0 Å². The van der Waals surface area contributed by atoms with Gasteiger partial charge in [0, 0.05) is 52.6 Å². The number of anilines is 3. The van der Waals surface area contributed by atoms with Gasteiger partial charge in [-0.3, -0.25) is 29.3 Å². The van der Waals surface area contributed by atoms with Crippen LogP contribution in [0.25, 0.3) is 0 Å². The zero-order valence-corrected chi connectivity index (χ0v) is 19.4. The molecule has 0 aliphatic rings. The van der Waals surface area contributed by atoms with Crippen LogP contribution in [0.5, 0.6) is 0 Å². The van der Waals surface area contributed by atoms with Gasteiger partial charge in [-0.1, -0.05) is 0 Å². The average molecular weight is 483 g/mol. The Kier molecular flexibility index (Phi) is 7.34. The van der Waals surface area contributed by atoms with E-state index in [-0.39, 0.29) is 41.9 Å². The summed E-state index contributed by atoms with van der Waals surface area (Å²) in [6, 6.07) is 4.43. The maximum Gasteiger partial charge on any atom is 0.274 e. The first-order valence-electron chi connectivity index (χ1n) is 10.4. The number of rotatable bonds is 10. The molecule has 3 aromatic rings. The van der Waals surface area contributed by atoms with Crippen LogP contribution in [0.3, 0.4) is 0 Å². The molecule has 0 spiro atoms. The van der Waals surface area contributed by atoms with Gasteiger partial charge in [0.2, 0.25) is 6.41 Å². The largest absolute Gasteiger partial charge is 0.388 e. The molecular weight excluding hydrogens is 456 g/mol. The lowest BCUT2D eigenvalue weighted by molar-refractivity contribution is -0.105. The topological polar surface area (TPSA) is 194 Å². The molecule has 35 heavy (non-hydrogen) atoms. The van der Waals surface area contributed by atoms with Gasteiger partial charge in [0.1, 0.15) is 17.1 Å². The minimum Gasteiger partial charge on any atom is -0.388 e. The molecule has 14 nitrogen and oxygen atoms in total. The number of nitrogens with one attached hydrogen (secondary N) is 5. The second-order valence-corrected chi connectivity index (χ2v) is 7.69. The first-order chi connectivity index (χ1) is 16.6. The van der Waals surface area contributed by atoms with Gasteiger partial charge in [-0.25, -0.2) is 0 Å². The van der Waals surface area contributed by atoms with Crippen LogP contribution >= 0.6 is 0 Å². The molecule has 14 heteroatoms. The van der Waals surface area contributed by atoms with Crippen LogP contribution in [0.2, 0.25) is 0 Å². The van der Waals surface area contributed by atoms with Crippen LogP contribution in [0, 0.1) is 5.41 Å². The van der Waals surface area contributed by atoms with Crippen molar-refractivity contribution in [2.75, 3.05) is 22.5 Å². The van der Waals surface area contributed by atoms with Gasteiger partial charge in [-0.2, -0.15) is 5.10 Å². The number of nitrogens with two attached hydrogens (primary N) is 1. The summed E-state index contributed by atoms with van der Waals surface area (Å²) >= 11 is 0. The Labute approximate surface area is 200 Å². The lowest BCUT2D eigenvalue weighted by atomic mass is 10.3. The average Bonchev–Trinajstić information content (AvgIpc) is 3.44. The molecule has 3 aromatic heterocycles. The van der Waals surface area contributed by atoms with Crippen LogP contribution in [0.1, 0.15) is 37.9 Å². The van der Waals surface area contributed by atoms with Crippen LogP contribution < -0.4 is 27.0 Å². The third kappa shape index (κ3) is 5.93. The monoisotopic (exact) mass is 482 g/mol. The number of carbonyl (C=O) groups excluding carboxylic acids is 4.